The maximum atomic E-state index is 9.96. The highest BCUT2D eigenvalue weighted by atomic mass is 14.2. The van der Waals surface area contributed by atoms with Crippen molar-refractivity contribution in [3.63, 3.8) is 0 Å². The van der Waals surface area contributed by atoms with Gasteiger partial charge < -0.3 is 0 Å². The van der Waals surface area contributed by atoms with Crippen LogP contribution in [0.1, 0.15) is 34.3 Å². The van der Waals surface area contributed by atoms with E-state index in [4.69, 9.17) is 20.6 Å². The van der Waals surface area contributed by atoms with Crippen molar-refractivity contribution in [1.29, 1.82) is 0 Å². The normalized spacial score (nSPS) is 19.1. The molecular weight excluding hydrogens is 553 g/mol. The first kappa shape index (κ1) is 11.4. The molecule has 9 aromatic carbocycles. The maximum absolute atomic E-state index is 9.96. The van der Waals surface area contributed by atoms with Crippen LogP contribution in [0, 0.1) is 0 Å². The van der Waals surface area contributed by atoms with Crippen molar-refractivity contribution in [2.75, 3.05) is 0 Å². The van der Waals surface area contributed by atoms with Crippen LogP contribution < -0.4 is 0 Å². The van der Waals surface area contributed by atoms with Gasteiger partial charge in [-0.25, -0.2) is 0 Å². The van der Waals surface area contributed by atoms with E-state index in [0.29, 0.717) is 0 Å². The zero-order valence-electron chi connectivity index (χ0n) is 48.4. The molecule has 0 saturated heterocycles. The van der Waals surface area contributed by atoms with Crippen LogP contribution in [-0.4, -0.2) is 0 Å². The predicted octanol–water partition coefficient (Wildman–Crippen LogP) is 13.0. The highest BCUT2D eigenvalue weighted by Crippen LogP contribution is 2.46. The summed E-state index contributed by atoms with van der Waals surface area (Å²) in [7, 11) is 0. The zero-order valence-corrected chi connectivity index (χ0v) is 23.4. The van der Waals surface area contributed by atoms with Gasteiger partial charge in [0, 0.05) is 0 Å². The fourth-order valence-corrected chi connectivity index (χ4v) is 5.44. The highest BCUT2D eigenvalue weighted by molar-refractivity contribution is 6.24. The smallest absolute Gasteiger partial charge is 0.0622 e. The van der Waals surface area contributed by atoms with E-state index in [-0.39, 0.29) is 11.1 Å². The molecule has 0 heteroatoms. The molecule has 0 aliphatic heterocycles. The van der Waals surface area contributed by atoms with Gasteiger partial charge in [0.1, 0.15) is 0 Å². The molecule has 9 rings (SSSR count). The van der Waals surface area contributed by atoms with Crippen molar-refractivity contribution in [1.82, 2.24) is 0 Å². The second-order valence-electron chi connectivity index (χ2n) is 10.1. The van der Waals surface area contributed by atoms with Crippen molar-refractivity contribution in [2.24, 2.45) is 0 Å². The highest BCUT2D eigenvalue weighted by Gasteiger charge is 2.19. The first-order valence-electron chi connectivity index (χ1n) is 26.4. The van der Waals surface area contributed by atoms with Gasteiger partial charge in [-0.05, 0) is 99.7 Å². The lowest BCUT2D eigenvalue weighted by molar-refractivity contribution is 1.62. The molecule has 0 spiro atoms. The van der Waals surface area contributed by atoms with E-state index < -0.39 is 228 Å². The minimum absolute atomic E-state index is 0.162. The lowest BCUT2D eigenvalue weighted by Gasteiger charge is -2.20. The molecule has 214 valence electrons. The molecule has 46 heavy (non-hydrogen) atoms. The Morgan fingerprint density at radius 2 is 0.870 bits per heavy atom. The summed E-state index contributed by atoms with van der Waals surface area (Å²) in [5.41, 5.74) is -4.31. The topological polar surface area (TPSA) is 0 Å². The molecule has 9 aromatic rings. The number of hydrogen-bond donors (Lipinski definition) is 0. The Hall–Kier alpha value is -5.98. The summed E-state index contributed by atoms with van der Waals surface area (Å²) in [4.78, 5) is 0. The molecule has 0 fully saturated rings. The molecule has 0 aliphatic rings. The van der Waals surface area contributed by atoms with E-state index in [0.717, 1.165) is 0 Å². The van der Waals surface area contributed by atoms with Crippen molar-refractivity contribution < 1.29 is 34.3 Å². The molecule has 0 aromatic heterocycles. The van der Waals surface area contributed by atoms with Crippen LogP contribution in [0.4, 0.5) is 0 Å². The summed E-state index contributed by atoms with van der Waals surface area (Å²) in [6.45, 7) is 0. The molecule has 0 radical (unpaired) electrons. The second-order valence-corrected chi connectivity index (χ2v) is 10.1. The third kappa shape index (κ3) is 4.38. The second kappa shape index (κ2) is 10.9. The lowest BCUT2D eigenvalue weighted by atomic mass is 9.83. The third-order valence-corrected chi connectivity index (χ3v) is 7.50. The van der Waals surface area contributed by atoms with E-state index in [1.54, 1.807) is 18.2 Å². The standard InChI is InChI=1S/C46H30/c1-2-11-31(12-3-1)38-27-28-43-44(30-38)45(35-24-21-33(22-25-35)37-26-23-32-13-4-5-15-36(32)29-37)41-18-8-9-19-42(41)46(43)40-20-10-16-34-14-6-7-17-39(34)40/h1-30H/i4D,5D,6D,7D,8D,9D,10D,13D,14D,15D,16D,17D,18D,19D,20D,21D,22D,23D,24D,25D,26D,27D,28D,29D,30D. The summed E-state index contributed by atoms with van der Waals surface area (Å²) in [5, 5.41) is -4.75. The fourth-order valence-electron chi connectivity index (χ4n) is 5.44. The first-order valence-corrected chi connectivity index (χ1v) is 13.9. The molecule has 0 bridgehead atoms. The third-order valence-electron chi connectivity index (χ3n) is 7.50. The summed E-state index contributed by atoms with van der Waals surface area (Å²) in [6.07, 6.45) is 0. The maximum Gasteiger partial charge on any atom is 0.0636 e. The lowest BCUT2D eigenvalue weighted by Crippen LogP contribution is -1.92. The summed E-state index contributed by atoms with van der Waals surface area (Å²) in [5.74, 6) is 0. The van der Waals surface area contributed by atoms with E-state index in [1.807, 2.05) is 0 Å². The Morgan fingerprint density at radius 1 is 0.304 bits per heavy atom. The summed E-state index contributed by atoms with van der Waals surface area (Å²) < 4.78 is 226. The van der Waals surface area contributed by atoms with Gasteiger partial charge in [0.05, 0.1) is 34.3 Å². The molecule has 0 saturated carbocycles. The monoisotopic (exact) mass is 607 g/mol. The molecule has 0 atom stereocenters. The largest absolute Gasteiger partial charge is 0.0636 e. The van der Waals surface area contributed by atoms with Gasteiger partial charge in [0.25, 0.3) is 0 Å². The Labute approximate surface area is 304 Å². The minimum Gasteiger partial charge on any atom is -0.0622 e. The quantitative estimate of drug-likeness (QED) is 0.175. The van der Waals surface area contributed by atoms with Gasteiger partial charge in [-0.2, -0.15) is 0 Å². The Balaban J connectivity index is 1.60. The van der Waals surface area contributed by atoms with Gasteiger partial charge in [-0.1, -0.05) is 169 Å². The van der Waals surface area contributed by atoms with E-state index >= 15 is 0 Å². The van der Waals surface area contributed by atoms with Crippen LogP contribution in [0.25, 0.3) is 87.6 Å². The minimum atomic E-state index is -1.03. The molecular formula is C46H30. The van der Waals surface area contributed by atoms with Crippen LogP contribution in [0.3, 0.4) is 0 Å². The van der Waals surface area contributed by atoms with Crippen LogP contribution in [0.5, 0.6) is 0 Å². The summed E-state index contributed by atoms with van der Waals surface area (Å²) in [6, 6.07) is -14.0. The van der Waals surface area contributed by atoms with Crippen molar-refractivity contribution in [2.45, 2.75) is 0 Å². The molecule has 0 unspecified atom stereocenters. The van der Waals surface area contributed by atoms with E-state index in [1.165, 1.54) is 12.1 Å². The van der Waals surface area contributed by atoms with Gasteiger partial charge in [0.15, 0.2) is 0 Å². The van der Waals surface area contributed by atoms with Crippen LogP contribution in [-0.2, 0) is 0 Å². The van der Waals surface area contributed by atoms with Crippen LogP contribution in [0.15, 0.2) is 181 Å². The molecule has 0 aliphatic carbocycles. The Kier molecular flexibility index (Phi) is 2.70. The molecule has 0 heterocycles. The Bertz CT molecular complexity index is 3940. The molecule has 0 nitrogen and oxygen atoms in total. The average Bonchev–Trinajstić information content (AvgIpc) is 3.34. The van der Waals surface area contributed by atoms with Crippen LogP contribution >= 0.6 is 0 Å². The first-order chi connectivity index (χ1) is 33.3. The number of rotatable bonds is 4. The summed E-state index contributed by atoms with van der Waals surface area (Å²) >= 11 is 0. The van der Waals surface area contributed by atoms with Crippen molar-refractivity contribution >= 4 is 43.1 Å². The Morgan fingerprint density at radius 3 is 1.67 bits per heavy atom. The predicted molar refractivity (Wildman–Crippen MR) is 198 cm³/mol. The number of fused-ring (bicyclic) bond motifs is 4. The fraction of sp³-hybridized carbons (Fsp3) is 0. The van der Waals surface area contributed by atoms with E-state index in [2.05, 4.69) is 0 Å². The molecule has 0 N–H and O–H groups in total. The van der Waals surface area contributed by atoms with Gasteiger partial charge in [0.2, 0.25) is 0 Å². The average molecular weight is 608 g/mol. The van der Waals surface area contributed by atoms with Gasteiger partial charge in [-0.3, -0.25) is 0 Å². The number of benzene rings is 9. The van der Waals surface area contributed by atoms with Crippen LogP contribution in [0.2, 0.25) is 0 Å². The van der Waals surface area contributed by atoms with Gasteiger partial charge in [-0.15, -0.1) is 0 Å². The van der Waals surface area contributed by atoms with E-state index in [9.17, 15) is 13.7 Å². The van der Waals surface area contributed by atoms with Crippen molar-refractivity contribution in [3.05, 3.63) is 181 Å². The van der Waals surface area contributed by atoms with Crippen molar-refractivity contribution in [3.8, 4) is 44.5 Å². The number of hydrogen-bond acceptors (Lipinski definition) is 0. The molecule has 0 amide bonds. The SMILES string of the molecule is [2H]c1c([2H])c(-c2c3c([2H])c([2H])c([2H])c([2H])c3c(-c3c([2H])c([2H])c([2H])c4c([2H])c([2H])c([2H])c([2H])c34)c3c([2H])c([2H])c(-c4ccccc4)c([2H])c23)c([2H])c([2H])c1-c1c([2H])c([2H])c2c([2H])c([2H])c([2H])c([2H])c2c1[2H]. The zero-order chi connectivity index (χ0) is 52.2. The van der Waals surface area contributed by atoms with Gasteiger partial charge >= 0.3 is 0 Å².